The number of hydrogen-bond donors (Lipinski definition) is 3. The molecule has 0 aliphatic carbocycles. The van der Waals surface area contributed by atoms with Crippen molar-refractivity contribution in [2.45, 2.75) is 25.0 Å². The molecule has 1 saturated heterocycles. The summed E-state index contributed by atoms with van der Waals surface area (Å²) in [6.45, 7) is 1.75. The molecule has 1 aliphatic rings. The molecule has 10 heteroatoms. The van der Waals surface area contributed by atoms with Crippen molar-refractivity contribution in [1.29, 1.82) is 0 Å². The summed E-state index contributed by atoms with van der Waals surface area (Å²) < 4.78 is 0. The van der Waals surface area contributed by atoms with E-state index in [0.717, 1.165) is 31.7 Å². The minimum atomic E-state index is -1.25. The van der Waals surface area contributed by atoms with Crippen LogP contribution >= 0.6 is 11.3 Å². The molecule has 2 aromatic heterocycles. The number of carbonyl (C=O) groups excluding carboxylic acids is 1. The summed E-state index contributed by atoms with van der Waals surface area (Å²) in [6, 6.07) is 12.9. The number of aliphatic hydroxyl groups is 1. The predicted octanol–water partition coefficient (Wildman–Crippen LogP) is 2.08. The van der Waals surface area contributed by atoms with Gasteiger partial charge in [-0.15, -0.1) is 15.3 Å². The second-order valence-corrected chi connectivity index (χ2v) is 7.68. The van der Waals surface area contributed by atoms with E-state index in [1.807, 2.05) is 18.2 Å². The lowest BCUT2D eigenvalue weighted by Gasteiger charge is -2.32. The molecule has 3 aromatic rings. The number of rotatable bonds is 6. The Morgan fingerprint density at radius 2 is 1.83 bits per heavy atom. The maximum Gasteiger partial charge on any atom is 0.259 e. The average Bonchev–Trinajstić information content (AvgIpc) is 3.21. The van der Waals surface area contributed by atoms with Gasteiger partial charge in [0.15, 0.2) is 11.9 Å². The van der Waals surface area contributed by atoms with Crippen LogP contribution in [0.25, 0.3) is 0 Å². The zero-order valence-corrected chi connectivity index (χ0v) is 16.4. The number of aliphatic hydroxyl groups excluding tert-OH is 1. The van der Waals surface area contributed by atoms with Crippen LogP contribution in [0.3, 0.4) is 0 Å². The Balaban J connectivity index is 1.28. The summed E-state index contributed by atoms with van der Waals surface area (Å²) in [4.78, 5) is 14.4. The van der Waals surface area contributed by atoms with E-state index < -0.39 is 12.0 Å². The van der Waals surface area contributed by atoms with Gasteiger partial charge in [-0.05, 0) is 30.5 Å². The van der Waals surface area contributed by atoms with E-state index in [-0.39, 0.29) is 6.04 Å². The van der Waals surface area contributed by atoms with E-state index in [4.69, 9.17) is 0 Å². The number of benzene rings is 1. The Morgan fingerprint density at radius 1 is 1.07 bits per heavy atom. The Labute approximate surface area is 171 Å². The highest BCUT2D eigenvalue weighted by molar-refractivity contribution is 7.19. The lowest BCUT2D eigenvalue weighted by molar-refractivity contribution is -0.124. The molecule has 1 aliphatic heterocycles. The van der Waals surface area contributed by atoms with E-state index in [0.29, 0.717) is 15.8 Å². The second-order valence-electron chi connectivity index (χ2n) is 6.70. The average molecular weight is 411 g/mol. The van der Waals surface area contributed by atoms with Gasteiger partial charge in [0.05, 0.1) is 0 Å². The van der Waals surface area contributed by atoms with E-state index in [9.17, 15) is 9.90 Å². The number of nitrogens with zero attached hydrogens (tertiary/aromatic N) is 5. The standard InChI is InChI=1S/C19H21N7O2S/c27-16(13-5-2-1-3-6-13)17(28)22-19-25-24-18(29-19)21-14-8-11-26(12-9-14)15-7-4-10-20-23-15/h1-7,10,14,16,27H,8-9,11-12H2,(H,21,24)(H,22,25,28)/t16-/m1/s1. The molecule has 1 fully saturated rings. The van der Waals surface area contributed by atoms with Crippen LogP contribution in [0, 0.1) is 0 Å². The summed E-state index contributed by atoms with van der Waals surface area (Å²) in [5, 5.41) is 33.3. The van der Waals surface area contributed by atoms with Crippen molar-refractivity contribution in [3.05, 3.63) is 54.2 Å². The van der Waals surface area contributed by atoms with E-state index in [2.05, 4.69) is 35.9 Å². The van der Waals surface area contributed by atoms with Crippen molar-refractivity contribution in [2.24, 2.45) is 0 Å². The molecule has 0 bridgehead atoms. The molecule has 3 heterocycles. The largest absolute Gasteiger partial charge is 0.378 e. The second kappa shape index (κ2) is 8.93. The van der Waals surface area contributed by atoms with E-state index >= 15 is 0 Å². The minimum Gasteiger partial charge on any atom is -0.378 e. The predicted molar refractivity (Wildman–Crippen MR) is 111 cm³/mol. The maximum absolute atomic E-state index is 12.2. The molecule has 0 spiro atoms. The highest BCUT2D eigenvalue weighted by Gasteiger charge is 2.22. The zero-order valence-electron chi connectivity index (χ0n) is 15.6. The molecule has 0 unspecified atom stereocenters. The summed E-state index contributed by atoms with van der Waals surface area (Å²) in [5.41, 5.74) is 0.530. The molecule has 0 saturated carbocycles. The van der Waals surface area contributed by atoms with Crippen LogP contribution < -0.4 is 15.5 Å². The summed E-state index contributed by atoms with van der Waals surface area (Å²) in [7, 11) is 0. The fourth-order valence-corrected chi connectivity index (χ4v) is 3.91. The van der Waals surface area contributed by atoms with E-state index in [1.165, 1.54) is 11.3 Å². The van der Waals surface area contributed by atoms with Crippen LogP contribution in [0.2, 0.25) is 0 Å². The number of hydrogen-bond acceptors (Lipinski definition) is 9. The quantitative estimate of drug-likeness (QED) is 0.565. The summed E-state index contributed by atoms with van der Waals surface area (Å²) in [5.74, 6) is 0.361. The molecule has 1 atom stereocenters. The van der Waals surface area contributed by atoms with Crippen molar-refractivity contribution >= 4 is 33.3 Å². The highest BCUT2D eigenvalue weighted by Crippen LogP contribution is 2.25. The van der Waals surface area contributed by atoms with Gasteiger partial charge in [-0.1, -0.05) is 41.7 Å². The molecule has 29 heavy (non-hydrogen) atoms. The lowest BCUT2D eigenvalue weighted by Crippen LogP contribution is -2.39. The number of aromatic nitrogens is 4. The van der Waals surface area contributed by atoms with Gasteiger partial charge in [0, 0.05) is 25.3 Å². The van der Waals surface area contributed by atoms with E-state index in [1.54, 1.807) is 30.5 Å². The van der Waals surface area contributed by atoms with Gasteiger partial charge >= 0.3 is 0 Å². The Morgan fingerprint density at radius 3 is 2.55 bits per heavy atom. The molecular formula is C19H21N7O2S. The lowest BCUT2D eigenvalue weighted by atomic mass is 10.1. The molecule has 0 radical (unpaired) electrons. The number of nitrogens with one attached hydrogen (secondary N) is 2. The van der Waals surface area contributed by atoms with Crippen LogP contribution in [0.4, 0.5) is 16.1 Å². The van der Waals surface area contributed by atoms with Gasteiger partial charge in [-0.3, -0.25) is 10.1 Å². The van der Waals surface area contributed by atoms with Gasteiger partial charge in [0.25, 0.3) is 5.91 Å². The SMILES string of the molecule is O=C(Nc1nnc(NC2CCN(c3cccnn3)CC2)s1)[C@H](O)c1ccccc1. The van der Waals surface area contributed by atoms with Gasteiger partial charge in [0.1, 0.15) is 0 Å². The zero-order chi connectivity index (χ0) is 20.1. The molecule has 3 N–H and O–H groups in total. The third-order valence-corrected chi connectivity index (χ3v) is 5.49. The number of carbonyl (C=O) groups is 1. The highest BCUT2D eigenvalue weighted by atomic mass is 32.1. The molecular weight excluding hydrogens is 390 g/mol. The Kier molecular flexibility index (Phi) is 5.92. The van der Waals surface area contributed by atoms with Gasteiger partial charge in [-0.2, -0.15) is 5.10 Å². The van der Waals surface area contributed by atoms with Gasteiger partial charge in [-0.25, -0.2) is 0 Å². The number of anilines is 3. The number of amides is 1. The van der Waals surface area contributed by atoms with Crippen molar-refractivity contribution in [1.82, 2.24) is 20.4 Å². The minimum absolute atomic E-state index is 0.273. The van der Waals surface area contributed by atoms with Gasteiger partial charge < -0.3 is 15.3 Å². The molecule has 150 valence electrons. The molecule has 9 nitrogen and oxygen atoms in total. The fourth-order valence-electron chi connectivity index (χ4n) is 3.18. The van der Waals surface area contributed by atoms with Gasteiger partial charge in [0.2, 0.25) is 10.3 Å². The van der Waals surface area contributed by atoms with Crippen molar-refractivity contribution < 1.29 is 9.90 Å². The van der Waals surface area contributed by atoms with Crippen LogP contribution in [0.5, 0.6) is 0 Å². The van der Waals surface area contributed by atoms with Crippen LogP contribution in [-0.4, -0.2) is 50.5 Å². The molecule has 1 aromatic carbocycles. The first kappa shape index (κ1) is 19.2. The Hall–Kier alpha value is -3.11. The van der Waals surface area contributed by atoms with Crippen LogP contribution in [0.15, 0.2) is 48.7 Å². The van der Waals surface area contributed by atoms with Crippen LogP contribution in [0.1, 0.15) is 24.5 Å². The Bertz CT molecular complexity index is 930. The molecule has 4 rings (SSSR count). The monoisotopic (exact) mass is 411 g/mol. The van der Waals surface area contributed by atoms with Crippen LogP contribution in [-0.2, 0) is 4.79 Å². The smallest absolute Gasteiger partial charge is 0.259 e. The van der Waals surface area contributed by atoms with Crippen molar-refractivity contribution in [2.75, 3.05) is 28.6 Å². The first-order chi connectivity index (χ1) is 14.2. The fraction of sp³-hybridized carbons (Fsp3) is 0.316. The molecule has 1 amide bonds. The van der Waals surface area contributed by atoms with Crippen molar-refractivity contribution in [3.63, 3.8) is 0 Å². The maximum atomic E-state index is 12.2. The third-order valence-electron chi connectivity index (χ3n) is 4.72. The normalized spacial score (nSPS) is 15.7. The third kappa shape index (κ3) is 4.84. The topological polar surface area (TPSA) is 116 Å². The van der Waals surface area contributed by atoms with Crippen molar-refractivity contribution in [3.8, 4) is 0 Å². The summed E-state index contributed by atoms with van der Waals surface area (Å²) >= 11 is 1.25. The summed E-state index contributed by atoms with van der Waals surface area (Å²) in [6.07, 6.45) is 2.29. The number of piperidine rings is 1. The first-order valence-corrected chi connectivity index (χ1v) is 10.2. The first-order valence-electron chi connectivity index (χ1n) is 9.35.